The zero-order chi connectivity index (χ0) is 14.3. The molecule has 0 aliphatic rings. The molecule has 3 rings (SSSR count). The molecule has 0 spiro atoms. The van der Waals surface area contributed by atoms with Crippen LogP contribution in [0.4, 0.5) is 8.78 Å². The Morgan fingerprint density at radius 2 is 1.75 bits per heavy atom. The number of aromatic nitrogens is 1. The van der Waals surface area contributed by atoms with Crippen LogP contribution < -0.4 is 0 Å². The third-order valence-corrected chi connectivity index (χ3v) is 3.37. The predicted octanol–water partition coefficient (Wildman–Crippen LogP) is 4.37. The summed E-state index contributed by atoms with van der Waals surface area (Å²) in [4.78, 5) is 11.1. The van der Waals surface area contributed by atoms with Gasteiger partial charge in [-0.25, -0.2) is 8.78 Å². The van der Waals surface area contributed by atoms with Gasteiger partial charge in [-0.3, -0.25) is 4.79 Å². The molecule has 0 aliphatic carbocycles. The van der Waals surface area contributed by atoms with Crippen LogP contribution in [0.2, 0.25) is 5.02 Å². The average Bonchev–Trinajstić information content (AvgIpc) is 2.83. The van der Waals surface area contributed by atoms with E-state index >= 15 is 0 Å². The summed E-state index contributed by atoms with van der Waals surface area (Å²) in [6.07, 6.45) is 2.09. The van der Waals surface area contributed by atoms with Gasteiger partial charge in [-0.15, -0.1) is 0 Å². The Labute approximate surface area is 118 Å². The van der Waals surface area contributed by atoms with Crippen LogP contribution in [-0.2, 0) is 0 Å². The zero-order valence-corrected chi connectivity index (χ0v) is 10.9. The number of fused-ring (bicyclic) bond motifs is 1. The number of nitrogens with zero attached hydrogens (tertiary/aromatic N) is 1. The predicted molar refractivity (Wildman–Crippen MR) is 73.6 cm³/mol. The van der Waals surface area contributed by atoms with Gasteiger partial charge in [-0.1, -0.05) is 11.6 Å². The molecule has 0 amide bonds. The maximum atomic E-state index is 14.0. The summed E-state index contributed by atoms with van der Waals surface area (Å²) in [7, 11) is 0. The van der Waals surface area contributed by atoms with E-state index in [0.717, 1.165) is 6.07 Å². The summed E-state index contributed by atoms with van der Waals surface area (Å²) in [6.45, 7) is 0. The fourth-order valence-corrected chi connectivity index (χ4v) is 2.31. The van der Waals surface area contributed by atoms with Crippen LogP contribution >= 0.6 is 11.6 Å². The van der Waals surface area contributed by atoms with Crippen molar-refractivity contribution in [2.75, 3.05) is 0 Å². The Kier molecular flexibility index (Phi) is 3.03. The highest BCUT2D eigenvalue weighted by Gasteiger charge is 2.16. The van der Waals surface area contributed by atoms with Gasteiger partial charge >= 0.3 is 0 Å². The molecule has 100 valence electrons. The second kappa shape index (κ2) is 4.72. The molecular formula is C15H8ClF2NO. The van der Waals surface area contributed by atoms with E-state index in [2.05, 4.69) is 0 Å². The van der Waals surface area contributed by atoms with Crippen LogP contribution in [0, 0.1) is 11.6 Å². The van der Waals surface area contributed by atoms with Gasteiger partial charge in [0.05, 0.1) is 5.52 Å². The number of halogens is 3. The van der Waals surface area contributed by atoms with Crippen molar-refractivity contribution in [1.29, 1.82) is 0 Å². The molecule has 0 atom stereocenters. The highest BCUT2D eigenvalue weighted by Crippen LogP contribution is 2.28. The van der Waals surface area contributed by atoms with Gasteiger partial charge in [0.2, 0.25) is 0 Å². The van der Waals surface area contributed by atoms with Crippen molar-refractivity contribution in [2.24, 2.45) is 0 Å². The van der Waals surface area contributed by atoms with E-state index in [1.54, 1.807) is 24.3 Å². The van der Waals surface area contributed by atoms with Gasteiger partial charge in [0.25, 0.3) is 0 Å². The van der Waals surface area contributed by atoms with E-state index in [1.807, 2.05) is 0 Å². The molecule has 3 aromatic rings. The van der Waals surface area contributed by atoms with Crippen molar-refractivity contribution < 1.29 is 13.6 Å². The number of hydrogen-bond acceptors (Lipinski definition) is 1. The first kappa shape index (κ1) is 12.8. The summed E-state index contributed by atoms with van der Waals surface area (Å²) in [5.41, 5.74) is 0.931. The van der Waals surface area contributed by atoms with E-state index in [4.69, 9.17) is 11.6 Å². The number of carbonyl (C=O) groups is 1. The Bertz CT molecular complexity index is 809. The lowest BCUT2D eigenvalue weighted by Crippen LogP contribution is -1.95. The minimum absolute atomic E-state index is 0.0365. The number of hydrogen-bond donors (Lipinski definition) is 0. The molecule has 1 aromatic heterocycles. The largest absolute Gasteiger partial charge is 0.313 e. The molecular weight excluding hydrogens is 284 g/mol. The first-order valence-electron chi connectivity index (χ1n) is 5.82. The highest BCUT2D eigenvalue weighted by atomic mass is 35.5. The lowest BCUT2D eigenvalue weighted by Gasteiger charge is -2.06. The molecule has 20 heavy (non-hydrogen) atoms. The van der Waals surface area contributed by atoms with Crippen LogP contribution in [0.15, 0.2) is 42.6 Å². The summed E-state index contributed by atoms with van der Waals surface area (Å²) in [5.74, 6) is -1.94. The quantitative estimate of drug-likeness (QED) is 0.642. The lowest BCUT2D eigenvalue weighted by atomic mass is 10.2. The third kappa shape index (κ3) is 1.89. The molecule has 0 N–H and O–H groups in total. The SMILES string of the molecule is O=Cc1cn(-c2ccc(Cl)cc2)c2c(F)c(F)ccc12. The molecule has 0 bridgehead atoms. The van der Waals surface area contributed by atoms with Crippen molar-refractivity contribution in [3.63, 3.8) is 0 Å². The molecule has 0 saturated carbocycles. The normalized spacial score (nSPS) is 10.9. The number of aldehydes is 1. The smallest absolute Gasteiger partial charge is 0.183 e. The number of carbonyl (C=O) groups excluding carboxylic acids is 1. The van der Waals surface area contributed by atoms with Crippen LogP contribution in [0.1, 0.15) is 10.4 Å². The van der Waals surface area contributed by atoms with Crippen LogP contribution in [-0.4, -0.2) is 10.9 Å². The topological polar surface area (TPSA) is 22.0 Å². The monoisotopic (exact) mass is 291 g/mol. The number of rotatable bonds is 2. The van der Waals surface area contributed by atoms with Crippen LogP contribution in [0.25, 0.3) is 16.6 Å². The molecule has 0 aliphatic heterocycles. The summed E-state index contributed by atoms with van der Waals surface area (Å²) in [6, 6.07) is 9.02. The van der Waals surface area contributed by atoms with Gasteiger partial charge in [-0.2, -0.15) is 0 Å². The minimum Gasteiger partial charge on any atom is -0.313 e. The molecule has 0 unspecified atom stereocenters. The van der Waals surface area contributed by atoms with Crippen LogP contribution in [0.3, 0.4) is 0 Å². The molecule has 5 heteroatoms. The summed E-state index contributed by atoms with van der Waals surface area (Å²) < 4.78 is 28.9. The standard InChI is InChI=1S/C15H8ClF2NO/c16-10-1-3-11(4-2-10)19-7-9(8-20)12-5-6-13(17)14(18)15(12)19/h1-8H. The van der Waals surface area contributed by atoms with Gasteiger partial charge < -0.3 is 4.57 Å². The van der Waals surface area contributed by atoms with E-state index < -0.39 is 11.6 Å². The van der Waals surface area contributed by atoms with Gasteiger partial charge in [-0.05, 0) is 36.4 Å². The maximum Gasteiger partial charge on any atom is 0.183 e. The zero-order valence-electron chi connectivity index (χ0n) is 10.1. The Balaban J connectivity index is 2.38. The Morgan fingerprint density at radius 1 is 1.05 bits per heavy atom. The van der Waals surface area contributed by atoms with Crippen molar-refractivity contribution >= 4 is 28.8 Å². The second-order valence-corrected chi connectivity index (χ2v) is 4.74. The fourth-order valence-electron chi connectivity index (χ4n) is 2.18. The van der Waals surface area contributed by atoms with E-state index in [9.17, 15) is 13.6 Å². The first-order chi connectivity index (χ1) is 9.61. The first-order valence-corrected chi connectivity index (χ1v) is 6.20. The average molecular weight is 292 g/mol. The molecule has 2 aromatic carbocycles. The summed E-state index contributed by atoms with van der Waals surface area (Å²) in [5, 5.41) is 0.904. The van der Waals surface area contributed by atoms with Crippen molar-refractivity contribution in [3.8, 4) is 5.69 Å². The Hall–Kier alpha value is -2.20. The fraction of sp³-hybridized carbons (Fsp3) is 0. The van der Waals surface area contributed by atoms with Crippen molar-refractivity contribution in [2.45, 2.75) is 0 Å². The lowest BCUT2D eigenvalue weighted by molar-refractivity contribution is 0.112. The molecule has 0 saturated heterocycles. The van der Waals surface area contributed by atoms with E-state index in [0.29, 0.717) is 27.9 Å². The van der Waals surface area contributed by atoms with Crippen molar-refractivity contribution in [3.05, 3.63) is 64.8 Å². The molecule has 1 heterocycles. The van der Waals surface area contributed by atoms with Crippen molar-refractivity contribution in [1.82, 2.24) is 4.57 Å². The molecule has 0 fully saturated rings. The van der Waals surface area contributed by atoms with E-state index in [-0.39, 0.29) is 5.52 Å². The number of benzene rings is 2. The second-order valence-electron chi connectivity index (χ2n) is 4.31. The van der Waals surface area contributed by atoms with Gasteiger partial charge in [0, 0.05) is 27.9 Å². The highest BCUT2D eigenvalue weighted by molar-refractivity contribution is 6.30. The van der Waals surface area contributed by atoms with Gasteiger partial charge in [0.1, 0.15) is 0 Å². The molecule has 0 radical (unpaired) electrons. The third-order valence-electron chi connectivity index (χ3n) is 3.12. The maximum absolute atomic E-state index is 14.0. The summed E-state index contributed by atoms with van der Waals surface area (Å²) >= 11 is 5.81. The van der Waals surface area contributed by atoms with Gasteiger partial charge in [0.15, 0.2) is 17.9 Å². The van der Waals surface area contributed by atoms with E-state index in [1.165, 1.54) is 16.8 Å². The molecule has 2 nitrogen and oxygen atoms in total. The minimum atomic E-state index is -0.981. The Morgan fingerprint density at radius 3 is 2.40 bits per heavy atom. The van der Waals surface area contributed by atoms with Crippen LogP contribution in [0.5, 0.6) is 0 Å².